The summed E-state index contributed by atoms with van der Waals surface area (Å²) in [6.07, 6.45) is 0. The van der Waals surface area contributed by atoms with Gasteiger partial charge >= 0.3 is 0 Å². The van der Waals surface area contributed by atoms with E-state index in [9.17, 15) is 4.79 Å². The average molecular weight is 562 g/mol. The zero-order chi connectivity index (χ0) is 25.1. The van der Waals surface area contributed by atoms with Crippen LogP contribution < -0.4 is 15.4 Å². The number of thiocarbonyl (C=S) groups is 1. The van der Waals surface area contributed by atoms with E-state index in [0.717, 1.165) is 21.3 Å². The average Bonchev–Trinajstić information content (AvgIpc) is 3.53. The van der Waals surface area contributed by atoms with Crippen LogP contribution in [0.5, 0.6) is 5.75 Å². The van der Waals surface area contributed by atoms with E-state index in [4.69, 9.17) is 25.8 Å². The number of rotatable bonds is 6. The number of carbonyl (C=O) groups is 1. The van der Waals surface area contributed by atoms with Crippen molar-refractivity contribution in [1.82, 2.24) is 10.3 Å². The van der Waals surface area contributed by atoms with Crippen molar-refractivity contribution in [2.45, 2.75) is 6.92 Å². The maximum atomic E-state index is 12.6. The fourth-order valence-electron chi connectivity index (χ4n) is 3.55. The van der Waals surface area contributed by atoms with Crippen LogP contribution in [0.1, 0.15) is 17.5 Å². The topological polar surface area (TPSA) is 89.5 Å². The molecule has 0 atom stereocenters. The highest BCUT2D eigenvalue weighted by atomic mass is 79.9. The number of amides is 1. The Morgan fingerprint density at radius 1 is 0.972 bits per heavy atom. The molecule has 9 heteroatoms. The summed E-state index contributed by atoms with van der Waals surface area (Å²) in [5.41, 5.74) is 3.66. The molecule has 0 radical (unpaired) electrons. The maximum Gasteiger partial charge on any atom is 0.293 e. The first-order valence-corrected chi connectivity index (χ1v) is 12.3. The van der Waals surface area contributed by atoms with E-state index in [-0.39, 0.29) is 10.9 Å². The number of aromatic nitrogens is 1. The van der Waals surface area contributed by atoms with Crippen LogP contribution in [-0.4, -0.2) is 22.6 Å². The first-order valence-electron chi connectivity index (χ1n) is 11.1. The number of fused-ring (bicyclic) bond motifs is 1. The van der Waals surface area contributed by atoms with Crippen molar-refractivity contribution in [2.75, 3.05) is 11.9 Å². The van der Waals surface area contributed by atoms with Crippen LogP contribution in [0.15, 0.2) is 92.2 Å². The van der Waals surface area contributed by atoms with Crippen molar-refractivity contribution in [3.05, 3.63) is 89.1 Å². The molecule has 180 valence electrons. The van der Waals surface area contributed by atoms with Crippen LogP contribution in [0.4, 0.5) is 5.69 Å². The molecule has 0 bridgehead atoms. The molecule has 0 spiro atoms. The number of hydrogen-bond acceptors (Lipinski definition) is 6. The number of carbonyl (C=O) groups excluding carboxylic acids is 1. The molecule has 36 heavy (non-hydrogen) atoms. The number of nitrogens with zero attached hydrogens (tertiary/aromatic N) is 1. The van der Waals surface area contributed by atoms with E-state index in [1.165, 1.54) is 0 Å². The lowest BCUT2D eigenvalue weighted by atomic mass is 10.2. The Bertz CT molecular complexity index is 1540. The fraction of sp³-hybridized carbons (Fsp3) is 0.0741. The van der Waals surface area contributed by atoms with Gasteiger partial charge in [-0.1, -0.05) is 28.1 Å². The summed E-state index contributed by atoms with van der Waals surface area (Å²) in [5.74, 6) is 1.59. The third kappa shape index (κ3) is 5.32. The van der Waals surface area contributed by atoms with E-state index in [1.54, 1.807) is 30.3 Å². The molecule has 0 fully saturated rings. The molecule has 0 saturated heterocycles. The Balaban J connectivity index is 1.24. The second kappa shape index (κ2) is 10.3. The predicted molar refractivity (Wildman–Crippen MR) is 146 cm³/mol. The fourth-order valence-corrected chi connectivity index (χ4v) is 4.02. The molecule has 0 saturated carbocycles. The van der Waals surface area contributed by atoms with Crippen LogP contribution in [0.25, 0.3) is 33.9 Å². The lowest BCUT2D eigenvalue weighted by Gasteiger charge is -2.08. The summed E-state index contributed by atoms with van der Waals surface area (Å²) >= 11 is 8.72. The monoisotopic (exact) mass is 561 g/mol. The second-order valence-electron chi connectivity index (χ2n) is 7.74. The number of halogens is 1. The van der Waals surface area contributed by atoms with E-state index in [1.807, 2.05) is 55.5 Å². The second-order valence-corrected chi connectivity index (χ2v) is 9.06. The maximum absolute atomic E-state index is 12.6. The van der Waals surface area contributed by atoms with Gasteiger partial charge in [0.05, 0.1) is 6.61 Å². The molecule has 7 nitrogen and oxygen atoms in total. The van der Waals surface area contributed by atoms with E-state index >= 15 is 0 Å². The van der Waals surface area contributed by atoms with Crippen molar-refractivity contribution < 1.29 is 18.4 Å². The first-order chi connectivity index (χ1) is 17.5. The number of oxazole rings is 1. The molecule has 0 aliphatic rings. The van der Waals surface area contributed by atoms with Crippen molar-refractivity contribution in [1.29, 1.82) is 0 Å². The van der Waals surface area contributed by atoms with Gasteiger partial charge in [0.15, 0.2) is 16.5 Å². The number of ether oxygens (including phenoxy) is 1. The van der Waals surface area contributed by atoms with Gasteiger partial charge in [-0.05, 0) is 85.9 Å². The van der Waals surface area contributed by atoms with Crippen molar-refractivity contribution in [3.8, 4) is 28.5 Å². The summed E-state index contributed by atoms with van der Waals surface area (Å²) in [7, 11) is 0. The van der Waals surface area contributed by atoms with Crippen molar-refractivity contribution >= 4 is 56.0 Å². The predicted octanol–water partition coefficient (Wildman–Crippen LogP) is 7.04. The number of benzene rings is 3. The van der Waals surface area contributed by atoms with Crippen LogP contribution in [0.3, 0.4) is 0 Å². The summed E-state index contributed by atoms with van der Waals surface area (Å²) < 4.78 is 18.0. The molecule has 3 aromatic carbocycles. The lowest BCUT2D eigenvalue weighted by Crippen LogP contribution is -2.33. The highest BCUT2D eigenvalue weighted by Crippen LogP contribution is 2.28. The van der Waals surface area contributed by atoms with Gasteiger partial charge in [-0.3, -0.25) is 10.1 Å². The molecule has 0 aliphatic heterocycles. The minimum absolute atomic E-state index is 0.135. The lowest BCUT2D eigenvalue weighted by molar-refractivity contribution is 0.0951. The molecule has 2 N–H and O–H groups in total. The van der Waals surface area contributed by atoms with Crippen molar-refractivity contribution in [2.24, 2.45) is 0 Å². The molecule has 1 amide bonds. The first kappa shape index (κ1) is 23.8. The minimum atomic E-state index is -0.448. The molecular weight excluding hydrogens is 542 g/mol. The molecular formula is C27H20BrN3O4S. The third-order valence-corrected chi connectivity index (χ3v) is 5.98. The van der Waals surface area contributed by atoms with E-state index < -0.39 is 5.91 Å². The number of anilines is 1. The molecule has 5 rings (SSSR count). The van der Waals surface area contributed by atoms with Gasteiger partial charge < -0.3 is 18.9 Å². The van der Waals surface area contributed by atoms with Crippen LogP contribution >= 0.6 is 28.1 Å². The zero-order valence-electron chi connectivity index (χ0n) is 19.1. The van der Waals surface area contributed by atoms with Crippen molar-refractivity contribution in [3.63, 3.8) is 0 Å². The normalized spacial score (nSPS) is 10.8. The summed E-state index contributed by atoms with van der Waals surface area (Å²) in [5, 5.41) is 5.78. The number of hydrogen-bond donors (Lipinski definition) is 2. The van der Waals surface area contributed by atoms with Gasteiger partial charge in [0.1, 0.15) is 17.0 Å². The quantitative estimate of drug-likeness (QED) is 0.215. The Morgan fingerprint density at radius 2 is 1.72 bits per heavy atom. The van der Waals surface area contributed by atoms with Gasteiger partial charge in [-0.25, -0.2) is 4.98 Å². The SMILES string of the molecule is CCOc1ccc(-c2nc3cc(NC(=S)NC(=O)c4ccc(-c5ccc(Br)cc5)o4)ccc3o2)cc1. The summed E-state index contributed by atoms with van der Waals surface area (Å²) in [6, 6.07) is 23.9. The largest absolute Gasteiger partial charge is 0.494 e. The Labute approximate surface area is 220 Å². The molecule has 0 aliphatic carbocycles. The highest BCUT2D eigenvalue weighted by molar-refractivity contribution is 9.10. The minimum Gasteiger partial charge on any atom is -0.494 e. The molecule has 2 heterocycles. The number of furan rings is 1. The summed E-state index contributed by atoms with van der Waals surface area (Å²) in [6.45, 7) is 2.55. The van der Waals surface area contributed by atoms with Gasteiger partial charge in [-0.2, -0.15) is 0 Å². The molecule has 2 aromatic heterocycles. The Hall–Kier alpha value is -3.95. The Kier molecular flexibility index (Phi) is 6.84. The van der Waals surface area contributed by atoms with Crippen LogP contribution in [0.2, 0.25) is 0 Å². The van der Waals surface area contributed by atoms with Gasteiger partial charge in [0.25, 0.3) is 5.91 Å². The van der Waals surface area contributed by atoms with Crippen LogP contribution in [-0.2, 0) is 0 Å². The zero-order valence-corrected chi connectivity index (χ0v) is 21.5. The smallest absolute Gasteiger partial charge is 0.293 e. The van der Waals surface area contributed by atoms with Gasteiger partial charge in [0.2, 0.25) is 5.89 Å². The molecule has 0 unspecified atom stereocenters. The third-order valence-electron chi connectivity index (χ3n) is 5.24. The van der Waals surface area contributed by atoms with E-state index in [0.29, 0.717) is 35.0 Å². The molecule has 5 aromatic rings. The van der Waals surface area contributed by atoms with Crippen LogP contribution in [0, 0.1) is 0 Å². The summed E-state index contributed by atoms with van der Waals surface area (Å²) in [4.78, 5) is 17.2. The number of nitrogens with one attached hydrogen (secondary N) is 2. The van der Waals surface area contributed by atoms with Gasteiger partial charge in [0, 0.05) is 21.3 Å². The van der Waals surface area contributed by atoms with E-state index in [2.05, 4.69) is 31.5 Å². The Morgan fingerprint density at radius 3 is 2.47 bits per heavy atom. The van der Waals surface area contributed by atoms with Gasteiger partial charge in [-0.15, -0.1) is 0 Å². The highest BCUT2D eigenvalue weighted by Gasteiger charge is 2.15. The standard InChI is InChI=1S/C27H20BrN3O4S/c1-2-33-20-10-5-17(6-11-20)26-30-21-15-19(9-12-23(21)35-26)29-27(36)31-25(32)24-14-13-22(34-24)16-3-7-18(28)8-4-16/h3-15H,2H2,1H3,(H2,29,31,32,36).